The first-order valence-corrected chi connectivity index (χ1v) is 7.29. The molecule has 4 N–H and O–H groups in total. The van der Waals surface area contributed by atoms with Crippen LogP contribution in [0.15, 0.2) is 42.5 Å². The lowest BCUT2D eigenvalue weighted by molar-refractivity contribution is -0.385. The number of nitro benzene ring substituents is 1. The van der Waals surface area contributed by atoms with E-state index in [0.29, 0.717) is 17.1 Å². The highest BCUT2D eigenvalue weighted by atomic mass is 16.6. The van der Waals surface area contributed by atoms with Gasteiger partial charge in [-0.3, -0.25) is 15.2 Å². The molecule has 1 atom stereocenters. The first-order valence-electron chi connectivity index (χ1n) is 7.29. The number of benzene rings is 2. The van der Waals surface area contributed by atoms with Crippen LogP contribution in [0.2, 0.25) is 0 Å². The van der Waals surface area contributed by atoms with Gasteiger partial charge in [0, 0.05) is 11.6 Å². The molecule has 0 aliphatic rings. The van der Waals surface area contributed by atoms with Gasteiger partial charge in [-0.25, -0.2) is 4.98 Å². The Labute approximate surface area is 142 Å². The molecule has 3 rings (SSSR count). The average molecular weight is 341 g/mol. The number of ether oxygens (including phenoxy) is 1. The number of nitro groups is 1. The highest BCUT2D eigenvalue weighted by Crippen LogP contribution is 2.30. The van der Waals surface area contributed by atoms with Gasteiger partial charge in [-0.15, -0.1) is 0 Å². The molecule has 0 aliphatic heterocycles. The largest absolute Gasteiger partial charge is 0.502 e. The van der Waals surface area contributed by atoms with E-state index in [1.54, 1.807) is 19.2 Å². The molecule has 128 valence electrons. The lowest BCUT2D eigenvalue weighted by Crippen LogP contribution is -2.13. The molecular formula is C16H15N5O4. The van der Waals surface area contributed by atoms with Crippen LogP contribution in [0.4, 0.5) is 5.69 Å². The van der Waals surface area contributed by atoms with Gasteiger partial charge in [0.15, 0.2) is 11.6 Å². The van der Waals surface area contributed by atoms with Crippen molar-refractivity contribution < 1.29 is 14.8 Å². The van der Waals surface area contributed by atoms with E-state index in [1.165, 1.54) is 18.2 Å². The lowest BCUT2D eigenvalue weighted by Gasteiger charge is -2.09. The average Bonchev–Trinajstić information content (AvgIpc) is 3.11. The fourth-order valence-electron chi connectivity index (χ4n) is 2.34. The number of phenols is 1. The van der Waals surface area contributed by atoms with Crippen molar-refractivity contribution in [2.45, 2.75) is 6.04 Å². The summed E-state index contributed by atoms with van der Waals surface area (Å²) in [5, 5.41) is 27.2. The van der Waals surface area contributed by atoms with E-state index in [1.807, 2.05) is 12.1 Å². The summed E-state index contributed by atoms with van der Waals surface area (Å²) in [5.74, 6) is 0.898. The smallest absolute Gasteiger partial charge is 0.311 e. The predicted molar refractivity (Wildman–Crippen MR) is 89.2 cm³/mol. The SMILES string of the molecule is COc1cccc(C(N)c2nc(-c3ccc(O)c([N+](=O)[O-])c3)n[nH]2)c1. The van der Waals surface area contributed by atoms with Crippen molar-refractivity contribution in [1.29, 1.82) is 0 Å². The Morgan fingerprint density at radius 1 is 1.32 bits per heavy atom. The highest BCUT2D eigenvalue weighted by Gasteiger charge is 2.19. The zero-order valence-corrected chi connectivity index (χ0v) is 13.2. The molecule has 0 spiro atoms. The van der Waals surface area contributed by atoms with Crippen molar-refractivity contribution in [3.05, 3.63) is 64.0 Å². The summed E-state index contributed by atoms with van der Waals surface area (Å²) in [6.07, 6.45) is 0. The standard InChI is InChI=1S/C16H15N5O4/c1-25-11-4-2-3-9(7-11)14(17)16-18-15(19-20-16)10-5-6-13(22)12(8-10)21(23)24/h2-8,14,22H,17H2,1H3,(H,18,19,20). The zero-order chi connectivity index (χ0) is 18.0. The van der Waals surface area contributed by atoms with Crippen molar-refractivity contribution in [2.24, 2.45) is 5.73 Å². The number of hydrogen-bond donors (Lipinski definition) is 3. The van der Waals surface area contributed by atoms with Crippen molar-refractivity contribution >= 4 is 5.69 Å². The van der Waals surface area contributed by atoms with Crippen molar-refractivity contribution in [3.63, 3.8) is 0 Å². The van der Waals surface area contributed by atoms with E-state index in [0.717, 1.165) is 5.56 Å². The molecule has 0 saturated carbocycles. The molecule has 0 aliphatic carbocycles. The molecule has 0 radical (unpaired) electrons. The first kappa shape index (κ1) is 16.4. The second-order valence-corrected chi connectivity index (χ2v) is 5.26. The third-order valence-corrected chi connectivity index (χ3v) is 3.68. The number of nitrogens with one attached hydrogen (secondary N) is 1. The Kier molecular flexibility index (Phi) is 4.31. The van der Waals surface area contributed by atoms with Crippen LogP contribution in [-0.2, 0) is 0 Å². The van der Waals surface area contributed by atoms with Crippen LogP contribution in [0.3, 0.4) is 0 Å². The zero-order valence-electron chi connectivity index (χ0n) is 13.2. The topological polar surface area (TPSA) is 140 Å². The van der Waals surface area contributed by atoms with Crippen molar-refractivity contribution in [3.8, 4) is 22.9 Å². The normalized spacial score (nSPS) is 11.9. The Morgan fingerprint density at radius 3 is 2.84 bits per heavy atom. The van der Waals surface area contributed by atoms with Gasteiger partial charge in [0.1, 0.15) is 11.6 Å². The van der Waals surface area contributed by atoms with Crippen LogP contribution in [0.5, 0.6) is 11.5 Å². The number of phenolic OH excluding ortho intramolecular Hbond substituents is 1. The fourth-order valence-corrected chi connectivity index (χ4v) is 2.34. The molecule has 1 heterocycles. The van der Waals surface area contributed by atoms with Crippen LogP contribution in [0.1, 0.15) is 17.4 Å². The Bertz CT molecular complexity index is 924. The van der Waals surface area contributed by atoms with E-state index in [9.17, 15) is 15.2 Å². The molecule has 9 heteroatoms. The number of nitrogens with two attached hydrogens (primary N) is 1. The van der Waals surface area contributed by atoms with Crippen molar-refractivity contribution in [2.75, 3.05) is 7.11 Å². The van der Waals surface area contributed by atoms with Crippen molar-refractivity contribution in [1.82, 2.24) is 15.2 Å². The highest BCUT2D eigenvalue weighted by molar-refractivity contribution is 5.63. The van der Waals surface area contributed by atoms with Crippen LogP contribution in [0, 0.1) is 10.1 Å². The molecule has 9 nitrogen and oxygen atoms in total. The molecule has 3 aromatic rings. The maximum Gasteiger partial charge on any atom is 0.311 e. The molecule has 1 unspecified atom stereocenters. The molecule has 0 bridgehead atoms. The maximum atomic E-state index is 10.9. The molecule has 0 fully saturated rings. The Balaban J connectivity index is 1.92. The van der Waals surface area contributed by atoms with E-state index in [2.05, 4.69) is 15.2 Å². The van der Waals surface area contributed by atoms with Gasteiger partial charge in [0.25, 0.3) is 0 Å². The number of aromatic hydroxyl groups is 1. The van der Waals surface area contributed by atoms with Crippen LogP contribution in [0.25, 0.3) is 11.4 Å². The van der Waals surface area contributed by atoms with Crippen LogP contribution in [-0.4, -0.2) is 32.3 Å². The summed E-state index contributed by atoms with van der Waals surface area (Å²) in [6.45, 7) is 0. The third-order valence-electron chi connectivity index (χ3n) is 3.68. The quantitative estimate of drug-likeness (QED) is 0.477. The monoisotopic (exact) mass is 341 g/mol. The van der Waals surface area contributed by atoms with E-state index in [4.69, 9.17) is 10.5 Å². The Morgan fingerprint density at radius 2 is 2.12 bits per heavy atom. The summed E-state index contributed by atoms with van der Waals surface area (Å²) in [5.41, 5.74) is 6.95. The van der Waals surface area contributed by atoms with Gasteiger partial charge in [0.05, 0.1) is 18.1 Å². The van der Waals surface area contributed by atoms with E-state index in [-0.39, 0.29) is 5.82 Å². The summed E-state index contributed by atoms with van der Waals surface area (Å²) in [4.78, 5) is 14.6. The molecular weight excluding hydrogens is 326 g/mol. The summed E-state index contributed by atoms with van der Waals surface area (Å²) in [6, 6.07) is 10.6. The van der Waals surface area contributed by atoms with Gasteiger partial charge >= 0.3 is 5.69 Å². The van der Waals surface area contributed by atoms with Gasteiger partial charge in [0.2, 0.25) is 0 Å². The number of aromatic amines is 1. The summed E-state index contributed by atoms with van der Waals surface area (Å²) >= 11 is 0. The molecule has 2 aromatic carbocycles. The van der Waals surface area contributed by atoms with E-state index < -0.39 is 22.4 Å². The molecule has 1 aromatic heterocycles. The number of rotatable bonds is 5. The summed E-state index contributed by atoms with van der Waals surface area (Å²) < 4.78 is 5.17. The Hall–Kier alpha value is -3.46. The minimum Gasteiger partial charge on any atom is -0.502 e. The molecule has 0 amide bonds. The number of aromatic nitrogens is 3. The van der Waals surface area contributed by atoms with E-state index >= 15 is 0 Å². The number of hydrogen-bond acceptors (Lipinski definition) is 7. The number of methoxy groups -OCH3 is 1. The number of nitrogens with zero attached hydrogens (tertiary/aromatic N) is 3. The summed E-state index contributed by atoms with van der Waals surface area (Å²) in [7, 11) is 1.56. The lowest BCUT2D eigenvalue weighted by atomic mass is 10.1. The molecule has 0 saturated heterocycles. The second kappa shape index (κ2) is 6.57. The minimum absolute atomic E-state index is 0.247. The van der Waals surface area contributed by atoms with Gasteiger partial charge in [-0.2, -0.15) is 5.10 Å². The second-order valence-electron chi connectivity index (χ2n) is 5.26. The third kappa shape index (κ3) is 3.26. The maximum absolute atomic E-state index is 10.9. The van der Waals surface area contributed by atoms with Gasteiger partial charge < -0.3 is 15.6 Å². The minimum atomic E-state index is -0.672. The number of H-pyrrole nitrogens is 1. The first-order chi connectivity index (χ1) is 12.0. The predicted octanol–water partition coefficient (Wildman–Crippen LogP) is 2.14. The fraction of sp³-hybridized carbons (Fsp3) is 0.125. The van der Waals surface area contributed by atoms with Crippen LogP contribution >= 0.6 is 0 Å². The van der Waals surface area contributed by atoms with Crippen LogP contribution < -0.4 is 10.5 Å². The molecule has 25 heavy (non-hydrogen) atoms. The van der Waals surface area contributed by atoms with Gasteiger partial charge in [-0.1, -0.05) is 12.1 Å². The van der Waals surface area contributed by atoms with Gasteiger partial charge in [-0.05, 0) is 29.8 Å².